The number of carbonyl (C=O) groups excluding carboxylic acids is 1. The summed E-state index contributed by atoms with van der Waals surface area (Å²) in [4.78, 5) is 14.1. The zero-order valence-electron chi connectivity index (χ0n) is 15.5. The molecule has 3 nitrogen and oxygen atoms in total. The summed E-state index contributed by atoms with van der Waals surface area (Å²) in [5.74, 6) is 0.108. The van der Waals surface area contributed by atoms with Crippen LogP contribution in [0.3, 0.4) is 0 Å². The second-order valence-corrected chi connectivity index (χ2v) is 6.97. The second kappa shape index (κ2) is 8.61. The normalized spacial score (nSPS) is 15.9. The Morgan fingerprint density at radius 1 is 1.11 bits per heavy atom. The van der Waals surface area contributed by atoms with Crippen LogP contribution in [0.25, 0.3) is 6.08 Å². The molecule has 2 N–H and O–H groups in total. The number of nitrogens with zero attached hydrogens (tertiary/aromatic N) is 1. The number of amides is 1. The Hall–Kier alpha value is -2.60. The predicted octanol–water partition coefficient (Wildman–Crippen LogP) is 4.58. The number of halogens is 3. The maximum atomic E-state index is 13.0. The number of hydrogen-bond donors (Lipinski definition) is 1. The number of benzene rings is 2. The van der Waals surface area contributed by atoms with E-state index in [4.69, 9.17) is 5.73 Å². The molecule has 0 radical (unpaired) electrons. The molecule has 0 unspecified atom stereocenters. The molecule has 0 saturated carbocycles. The molecule has 0 spiro atoms. The molecule has 2 aromatic carbocycles. The second-order valence-electron chi connectivity index (χ2n) is 6.97. The molecule has 148 valence electrons. The van der Waals surface area contributed by atoms with Gasteiger partial charge in [-0.25, -0.2) is 0 Å². The van der Waals surface area contributed by atoms with Crippen molar-refractivity contribution in [2.24, 2.45) is 5.73 Å². The molecule has 0 aliphatic carbocycles. The van der Waals surface area contributed by atoms with Crippen LogP contribution in [0.4, 0.5) is 13.2 Å². The first-order chi connectivity index (χ1) is 13.4. The number of alkyl halides is 3. The maximum absolute atomic E-state index is 13.0. The van der Waals surface area contributed by atoms with Gasteiger partial charge in [0.05, 0.1) is 5.56 Å². The summed E-state index contributed by atoms with van der Waals surface area (Å²) < 4.78 is 39.1. The van der Waals surface area contributed by atoms with E-state index in [2.05, 4.69) is 12.1 Å². The van der Waals surface area contributed by atoms with Crippen molar-refractivity contribution < 1.29 is 18.0 Å². The Kier molecular flexibility index (Phi) is 6.19. The minimum Gasteiger partial charge on any atom is -0.339 e. The lowest BCUT2D eigenvalue weighted by atomic mass is 9.88. The van der Waals surface area contributed by atoms with Crippen LogP contribution in [0.1, 0.15) is 41.0 Å². The van der Waals surface area contributed by atoms with Gasteiger partial charge < -0.3 is 10.6 Å². The van der Waals surface area contributed by atoms with Crippen LogP contribution in [0, 0.1) is 0 Å². The quantitative estimate of drug-likeness (QED) is 0.779. The Bertz CT molecular complexity index is 853. The smallest absolute Gasteiger partial charge is 0.339 e. The van der Waals surface area contributed by atoms with E-state index in [-0.39, 0.29) is 11.5 Å². The molecule has 3 rings (SSSR count). The molecular weight excluding hydrogens is 365 g/mol. The van der Waals surface area contributed by atoms with E-state index in [1.807, 2.05) is 12.1 Å². The van der Waals surface area contributed by atoms with Crippen LogP contribution in [0.5, 0.6) is 0 Å². The highest BCUT2D eigenvalue weighted by Gasteiger charge is 2.32. The first-order valence-electron chi connectivity index (χ1n) is 9.30. The van der Waals surface area contributed by atoms with Gasteiger partial charge in [-0.15, -0.1) is 0 Å². The van der Waals surface area contributed by atoms with Gasteiger partial charge in [0.25, 0.3) is 0 Å². The molecule has 1 saturated heterocycles. The number of hydrogen-bond acceptors (Lipinski definition) is 2. The summed E-state index contributed by atoms with van der Waals surface area (Å²) in [5, 5.41) is 0. The van der Waals surface area contributed by atoms with E-state index < -0.39 is 11.7 Å². The highest BCUT2D eigenvalue weighted by atomic mass is 19.4. The minimum absolute atomic E-state index is 0.00293. The summed E-state index contributed by atoms with van der Waals surface area (Å²) >= 11 is 0. The van der Waals surface area contributed by atoms with Gasteiger partial charge in [-0.2, -0.15) is 13.2 Å². The molecule has 0 atom stereocenters. The Morgan fingerprint density at radius 2 is 1.82 bits per heavy atom. The van der Waals surface area contributed by atoms with Crippen molar-refractivity contribution in [3.8, 4) is 0 Å². The van der Waals surface area contributed by atoms with E-state index in [1.54, 1.807) is 4.90 Å². The maximum Gasteiger partial charge on any atom is 0.416 e. The lowest BCUT2D eigenvalue weighted by Crippen LogP contribution is -2.36. The molecule has 1 fully saturated rings. The number of likely N-dealkylation sites (tertiary alicyclic amines) is 1. The van der Waals surface area contributed by atoms with Gasteiger partial charge in [-0.05, 0) is 47.6 Å². The van der Waals surface area contributed by atoms with E-state index in [1.165, 1.54) is 35.9 Å². The van der Waals surface area contributed by atoms with Crippen molar-refractivity contribution in [1.29, 1.82) is 0 Å². The van der Waals surface area contributed by atoms with Crippen molar-refractivity contribution in [3.63, 3.8) is 0 Å². The molecule has 1 amide bonds. The summed E-state index contributed by atoms with van der Waals surface area (Å²) in [6.45, 7) is 1.67. The first kappa shape index (κ1) is 20.1. The monoisotopic (exact) mass is 388 g/mol. The van der Waals surface area contributed by atoms with Crippen molar-refractivity contribution >= 4 is 12.0 Å². The van der Waals surface area contributed by atoms with Crippen LogP contribution >= 0.6 is 0 Å². The van der Waals surface area contributed by atoms with E-state index in [0.717, 1.165) is 24.5 Å². The average Bonchev–Trinajstić information content (AvgIpc) is 2.71. The molecule has 6 heteroatoms. The SMILES string of the molecule is NCc1cccc(C2CCN(C(=O)C=Cc3ccccc3C(F)(F)F)CC2)c1. The van der Waals surface area contributed by atoms with Gasteiger partial charge >= 0.3 is 6.18 Å². The van der Waals surface area contributed by atoms with Gasteiger partial charge in [0, 0.05) is 25.7 Å². The fourth-order valence-corrected chi connectivity index (χ4v) is 3.57. The first-order valence-corrected chi connectivity index (χ1v) is 9.30. The Balaban J connectivity index is 1.62. The lowest BCUT2D eigenvalue weighted by molar-refractivity contribution is -0.137. The predicted molar refractivity (Wildman–Crippen MR) is 103 cm³/mol. The molecule has 1 aliphatic rings. The van der Waals surface area contributed by atoms with Crippen LogP contribution in [0.2, 0.25) is 0 Å². The van der Waals surface area contributed by atoms with Gasteiger partial charge in [0.15, 0.2) is 0 Å². The molecular formula is C22H23F3N2O. The topological polar surface area (TPSA) is 46.3 Å². The third-order valence-electron chi connectivity index (χ3n) is 5.14. The molecule has 28 heavy (non-hydrogen) atoms. The molecule has 1 heterocycles. The Morgan fingerprint density at radius 3 is 2.50 bits per heavy atom. The summed E-state index contributed by atoms with van der Waals surface area (Å²) in [7, 11) is 0. The van der Waals surface area contributed by atoms with Crippen molar-refractivity contribution in [3.05, 3.63) is 76.9 Å². The third kappa shape index (κ3) is 4.81. The van der Waals surface area contributed by atoms with Crippen LogP contribution < -0.4 is 5.73 Å². The van der Waals surface area contributed by atoms with Crippen molar-refractivity contribution in [1.82, 2.24) is 4.90 Å². The van der Waals surface area contributed by atoms with E-state index in [0.29, 0.717) is 25.6 Å². The summed E-state index contributed by atoms with van der Waals surface area (Å²) in [5.41, 5.74) is 7.27. The summed E-state index contributed by atoms with van der Waals surface area (Å²) in [6.07, 6.45) is -0.304. The zero-order valence-corrected chi connectivity index (χ0v) is 15.5. The fourth-order valence-electron chi connectivity index (χ4n) is 3.57. The van der Waals surface area contributed by atoms with E-state index in [9.17, 15) is 18.0 Å². The van der Waals surface area contributed by atoms with E-state index >= 15 is 0 Å². The van der Waals surface area contributed by atoms with Crippen molar-refractivity contribution in [2.45, 2.75) is 31.5 Å². The number of piperidine rings is 1. The molecule has 0 aromatic heterocycles. The largest absolute Gasteiger partial charge is 0.416 e. The van der Waals surface area contributed by atoms with Crippen LogP contribution in [-0.2, 0) is 17.5 Å². The fraction of sp³-hybridized carbons (Fsp3) is 0.318. The number of carbonyl (C=O) groups is 1. The van der Waals surface area contributed by atoms with Gasteiger partial charge in [-0.1, -0.05) is 42.5 Å². The Labute approximate surface area is 162 Å². The molecule has 1 aliphatic heterocycles. The number of rotatable bonds is 4. The zero-order chi connectivity index (χ0) is 20.1. The van der Waals surface area contributed by atoms with Crippen molar-refractivity contribution in [2.75, 3.05) is 13.1 Å². The standard InChI is InChI=1S/C22H23F3N2O/c23-22(24,25)20-7-2-1-5-18(20)8-9-21(28)27-12-10-17(11-13-27)19-6-3-4-16(14-19)15-26/h1-9,14,17H,10-13,15,26H2. The summed E-state index contributed by atoms with van der Waals surface area (Å²) in [6, 6.07) is 13.4. The third-order valence-corrected chi connectivity index (χ3v) is 5.14. The average molecular weight is 388 g/mol. The molecule has 0 bridgehead atoms. The highest BCUT2D eigenvalue weighted by molar-refractivity contribution is 5.92. The van der Waals surface area contributed by atoms with Gasteiger partial charge in [0.2, 0.25) is 5.91 Å². The van der Waals surface area contributed by atoms with Gasteiger partial charge in [-0.3, -0.25) is 4.79 Å². The van der Waals surface area contributed by atoms with Gasteiger partial charge in [0.1, 0.15) is 0 Å². The number of nitrogens with two attached hydrogens (primary N) is 1. The lowest BCUT2D eigenvalue weighted by Gasteiger charge is -2.31. The highest BCUT2D eigenvalue weighted by Crippen LogP contribution is 2.32. The van der Waals surface area contributed by atoms with Crippen LogP contribution in [0.15, 0.2) is 54.6 Å². The minimum atomic E-state index is -4.44. The van der Waals surface area contributed by atoms with Crippen LogP contribution in [-0.4, -0.2) is 23.9 Å². The molecule has 2 aromatic rings.